The Bertz CT molecular complexity index is 700. The highest BCUT2D eigenvalue weighted by Crippen LogP contribution is 2.18. The quantitative estimate of drug-likeness (QED) is 0.934. The Kier molecular flexibility index (Phi) is 4.69. The summed E-state index contributed by atoms with van der Waals surface area (Å²) in [6, 6.07) is 11.4. The van der Waals surface area contributed by atoms with Crippen molar-refractivity contribution in [2.75, 3.05) is 42.9 Å². The molecule has 0 radical (unpaired) electrons. The molecule has 118 valence electrons. The summed E-state index contributed by atoms with van der Waals surface area (Å²) in [5.41, 5.74) is 1.43. The molecule has 1 fully saturated rings. The normalized spacial score (nSPS) is 15.2. The second-order valence-corrected chi connectivity index (χ2v) is 5.48. The first-order valence-corrected chi connectivity index (χ1v) is 7.86. The summed E-state index contributed by atoms with van der Waals surface area (Å²) in [5.74, 6) is 1.49. The average molecular weight is 308 g/mol. The summed E-state index contributed by atoms with van der Waals surface area (Å²) in [7, 11) is 0. The molecule has 1 aromatic carbocycles. The van der Waals surface area contributed by atoms with Crippen molar-refractivity contribution in [3.05, 3.63) is 42.1 Å². The zero-order valence-corrected chi connectivity index (χ0v) is 13.2. The number of nitrogens with zero attached hydrogens (tertiary/aromatic N) is 5. The number of benzene rings is 1. The number of piperazine rings is 1. The van der Waals surface area contributed by atoms with E-state index in [2.05, 4.69) is 38.1 Å². The first-order chi connectivity index (χ1) is 11.3. The van der Waals surface area contributed by atoms with Crippen molar-refractivity contribution in [1.82, 2.24) is 14.9 Å². The maximum Gasteiger partial charge on any atom is 0.229 e. The van der Waals surface area contributed by atoms with Crippen LogP contribution in [0.2, 0.25) is 0 Å². The van der Waals surface area contributed by atoms with Gasteiger partial charge in [0.25, 0.3) is 0 Å². The van der Waals surface area contributed by atoms with Crippen LogP contribution in [-0.2, 0) is 0 Å². The van der Waals surface area contributed by atoms with Gasteiger partial charge in [-0.15, -0.1) is 0 Å². The Hall–Kier alpha value is -2.65. The summed E-state index contributed by atoms with van der Waals surface area (Å²) in [6.45, 7) is 7.38. The van der Waals surface area contributed by atoms with Crippen LogP contribution in [0.4, 0.5) is 17.5 Å². The van der Waals surface area contributed by atoms with E-state index in [-0.39, 0.29) is 0 Å². The van der Waals surface area contributed by atoms with Crippen molar-refractivity contribution < 1.29 is 0 Å². The molecule has 0 spiro atoms. The van der Waals surface area contributed by atoms with Crippen molar-refractivity contribution >= 4 is 17.5 Å². The molecule has 1 aliphatic heterocycles. The number of hydrogen-bond acceptors (Lipinski definition) is 6. The van der Waals surface area contributed by atoms with Gasteiger partial charge in [0.05, 0.1) is 11.6 Å². The standard InChI is InChI=1S/C17H20N6/c1-2-22-8-10-23(11-9-22)16-6-7-19-17(21-16)20-15-5-3-4-14(12-15)13-18/h3-7,12H,2,8-11H2,1H3,(H,19,20,21). The summed E-state index contributed by atoms with van der Waals surface area (Å²) < 4.78 is 0. The number of aromatic nitrogens is 2. The Labute approximate surface area is 136 Å². The molecule has 1 aliphatic rings. The van der Waals surface area contributed by atoms with Crippen LogP contribution in [0.25, 0.3) is 0 Å². The van der Waals surface area contributed by atoms with Crippen LogP contribution < -0.4 is 10.2 Å². The number of anilines is 3. The summed E-state index contributed by atoms with van der Waals surface area (Å²) in [5, 5.41) is 12.1. The van der Waals surface area contributed by atoms with Crippen molar-refractivity contribution in [2.45, 2.75) is 6.92 Å². The molecule has 1 N–H and O–H groups in total. The third kappa shape index (κ3) is 3.76. The molecule has 2 aromatic rings. The molecule has 0 saturated carbocycles. The van der Waals surface area contributed by atoms with Crippen molar-refractivity contribution in [3.63, 3.8) is 0 Å². The third-order valence-corrected chi connectivity index (χ3v) is 4.03. The maximum atomic E-state index is 8.96. The van der Waals surface area contributed by atoms with Gasteiger partial charge in [-0.05, 0) is 30.8 Å². The number of likely N-dealkylation sites (N-methyl/N-ethyl adjacent to an activating group) is 1. The molecule has 23 heavy (non-hydrogen) atoms. The topological polar surface area (TPSA) is 68.1 Å². The lowest BCUT2D eigenvalue weighted by Crippen LogP contribution is -2.46. The Balaban J connectivity index is 1.71. The van der Waals surface area contributed by atoms with Crippen molar-refractivity contribution in [3.8, 4) is 6.07 Å². The van der Waals surface area contributed by atoms with Gasteiger partial charge >= 0.3 is 0 Å². The van der Waals surface area contributed by atoms with Gasteiger partial charge in [0.2, 0.25) is 5.95 Å². The highest BCUT2D eigenvalue weighted by Gasteiger charge is 2.17. The van der Waals surface area contributed by atoms with Gasteiger partial charge in [0.1, 0.15) is 5.82 Å². The summed E-state index contributed by atoms with van der Waals surface area (Å²) in [4.78, 5) is 13.6. The van der Waals surface area contributed by atoms with Crippen LogP contribution in [0.15, 0.2) is 36.5 Å². The second-order valence-electron chi connectivity index (χ2n) is 5.48. The highest BCUT2D eigenvalue weighted by molar-refractivity contribution is 5.57. The van der Waals surface area contributed by atoms with Crippen molar-refractivity contribution in [1.29, 1.82) is 5.26 Å². The molecule has 0 unspecified atom stereocenters. The van der Waals surface area contributed by atoms with Crippen molar-refractivity contribution in [2.24, 2.45) is 0 Å². The lowest BCUT2D eigenvalue weighted by atomic mass is 10.2. The average Bonchev–Trinajstić information content (AvgIpc) is 2.62. The van der Waals surface area contributed by atoms with Gasteiger partial charge in [-0.1, -0.05) is 13.0 Å². The molecule has 0 aliphatic carbocycles. The van der Waals surface area contributed by atoms with Gasteiger partial charge in [-0.25, -0.2) is 4.98 Å². The fourth-order valence-electron chi connectivity index (χ4n) is 2.67. The van der Waals surface area contributed by atoms with E-state index in [1.165, 1.54) is 0 Å². The SMILES string of the molecule is CCN1CCN(c2ccnc(Nc3cccc(C#N)c3)n2)CC1. The molecule has 0 amide bonds. The molecule has 3 rings (SSSR count). The van der Waals surface area contributed by atoms with Gasteiger partial charge in [0, 0.05) is 38.1 Å². The van der Waals surface area contributed by atoms with Crippen LogP contribution in [0.1, 0.15) is 12.5 Å². The van der Waals surface area contributed by atoms with Gasteiger partial charge in [0.15, 0.2) is 0 Å². The molecule has 6 heteroatoms. The van der Waals surface area contributed by atoms with Crippen LogP contribution in [0.5, 0.6) is 0 Å². The number of nitriles is 1. The smallest absolute Gasteiger partial charge is 0.229 e. The van der Waals surface area contributed by atoms with E-state index >= 15 is 0 Å². The van der Waals surface area contributed by atoms with Crippen LogP contribution in [0, 0.1) is 11.3 Å². The fourth-order valence-corrected chi connectivity index (χ4v) is 2.67. The predicted molar refractivity (Wildman–Crippen MR) is 90.8 cm³/mol. The molecule has 0 atom stereocenters. The molecule has 1 aromatic heterocycles. The minimum absolute atomic E-state index is 0.551. The Morgan fingerprint density at radius 3 is 2.78 bits per heavy atom. The molecule has 6 nitrogen and oxygen atoms in total. The van der Waals surface area contributed by atoms with E-state index in [1.807, 2.05) is 18.2 Å². The summed E-state index contributed by atoms with van der Waals surface area (Å²) in [6.07, 6.45) is 1.77. The molecular formula is C17H20N6. The van der Waals surface area contributed by atoms with E-state index in [9.17, 15) is 0 Å². The highest BCUT2D eigenvalue weighted by atomic mass is 15.3. The fraction of sp³-hybridized carbons (Fsp3) is 0.353. The minimum atomic E-state index is 0.551. The molecular weight excluding hydrogens is 288 g/mol. The monoisotopic (exact) mass is 308 g/mol. The maximum absolute atomic E-state index is 8.96. The zero-order chi connectivity index (χ0) is 16.1. The van der Waals surface area contributed by atoms with E-state index in [4.69, 9.17) is 5.26 Å². The second kappa shape index (κ2) is 7.07. The van der Waals surface area contributed by atoms with Gasteiger partial charge in [-0.2, -0.15) is 10.2 Å². The lowest BCUT2D eigenvalue weighted by molar-refractivity contribution is 0.270. The van der Waals surface area contributed by atoms with E-state index < -0.39 is 0 Å². The number of nitrogens with one attached hydrogen (secondary N) is 1. The Morgan fingerprint density at radius 1 is 1.22 bits per heavy atom. The zero-order valence-electron chi connectivity index (χ0n) is 13.2. The minimum Gasteiger partial charge on any atom is -0.354 e. The Morgan fingerprint density at radius 2 is 2.04 bits per heavy atom. The number of hydrogen-bond donors (Lipinski definition) is 1. The molecule has 1 saturated heterocycles. The van der Waals surface area contributed by atoms with Gasteiger partial charge in [-0.3, -0.25) is 0 Å². The van der Waals surface area contributed by atoms with Crippen LogP contribution >= 0.6 is 0 Å². The van der Waals surface area contributed by atoms with E-state index in [0.29, 0.717) is 11.5 Å². The first-order valence-electron chi connectivity index (χ1n) is 7.86. The molecule has 2 heterocycles. The lowest BCUT2D eigenvalue weighted by Gasteiger charge is -2.34. The van der Waals surface area contributed by atoms with E-state index in [1.54, 1.807) is 18.3 Å². The van der Waals surface area contributed by atoms with Gasteiger partial charge < -0.3 is 15.1 Å². The van der Waals surface area contributed by atoms with Crippen LogP contribution in [0.3, 0.4) is 0 Å². The predicted octanol–water partition coefficient (Wildman–Crippen LogP) is 2.23. The molecule has 0 bridgehead atoms. The largest absolute Gasteiger partial charge is 0.354 e. The van der Waals surface area contributed by atoms with Crippen LogP contribution in [-0.4, -0.2) is 47.6 Å². The van der Waals surface area contributed by atoms with E-state index in [0.717, 1.165) is 44.2 Å². The summed E-state index contributed by atoms with van der Waals surface area (Å²) >= 11 is 0. The first kappa shape index (κ1) is 15.3. The number of rotatable bonds is 4. The third-order valence-electron chi connectivity index (χ3n) is 4.03.